The predicted octanol–water partition coefficient (Wildman–Crippen LogP) is 4.37. The van der Waals surface area contributed by atoms with E-state index in [1.54, 1.807) is 0 Å². The van der Waals surface area contributed by atoms with Crippen molar-refractivity contribution >= 4 is 0 Å². The van der Waals surface area contributed by atoms with E-state index in [0.29, 0.717) is 0 Å². The quantitative estimate of drug-likeness (QED) is 0.368. The van der Waals surface area contributed by atoms with Crippen molar-refractivity contribution < 1.29 is 22.3 Å². The van der Waals surface area contributed by atoms with Gasteiger partial charge in [0.1, 0.15) is 0 Å². The minimum Gasteiger partial charge on any atom is -0.454 e. The molecular formula is C10H10F4O. The van der Waals surface area contributed by atoms with Gasteiger partial charge in [-0.25, -0.2) is 0 Å². The van der Waals surface area contributed by atoms with Crippen LogP contribution in [0.4, 0.5) is 17.6 Å². The lowest BCUT2D eigenvalue weighted by molar-refractivity contribution is 0.219. The standard InChI is InChI=1S/C10H10F4O/c1-3-5-7(9(11)12)15-8(6-4-2)10(13)14/h3-4H,1-2,5-6H2. The van der Waals surface area contributed by atoms with E-state index >= 15 is 0 Å². The Morgan fingerprint density at radius 1 is 0.867 bits per heavy atom. The van der Waals surface area contributed by atoms with Crippen LogP contribution in [0.2, 0.25) is 0 Å². The minimum absolute atomic E-state index is 0.309. The Balaban J connectivity index is 4.79. The third-order valence-electron chi connectivity index (χ3n) is 1.33. The topological polar surface area (TPSA) is 9.23 Å². The van der Waals surface area contributed by atoms with Gasteiger partial charge in [0.05, 0.1) is 0 Å². The molecule has 0 aliphatic carbocycles. The zero-order valence-corrected chi connectivity index (χ0v) is 7.90. The van der Waals surface area contributed by atoms with Gasteiger partial charge in [0.15, 0.2) is 11.5 Å². The highest BCUT2D eigenvalue weighted by atomic mass is 19.3. The fourth-order valence-corrected chi connectivity index (χ4v) is 0.726. The Labute approximate surface area is 85.0 Å². The van der Waals surface area contributed by atoms with Crippen molar-refractivity contribution in [1.82, 2.24) is 0 Å². The molecule has 0 aromatic carbocycles. The lowest BCUT2D eigenvalue weighted by Gasteiger charge is -2.08. The van der Waals surface area contributed by atoms with Crippen molar-refractivity contribution in [1.29, 1.82) is 0 Å². The molecule has 0 atom stereocenters. The number of allylic oxidation sites excluding steroid dienone is 2. The molecule has 0 unspecified atom stereocenters. The van der Waals surface area contributed by atoms with Gasteiger partial charge >= 0.3 is 12.2 Å². The highest BCUT2D eigenvalue weighted by molar-refractivity contribution is 5.07. The van der Waals surface area contributed by atoms with Crippen LogP contribution < -0.4 is 0 Å². The maximum absolute atomic E-state index is 12.2. The van der Waals surface area contributed by atoms with Gasteiger partial charge < -0.3 is 4.74 Å². The lowest BCUT2D eigenvalue weighted by Crippen LogP contribution is -1.95. The summed E-state index contributed by atoms with van der Waals surface area (Å²) in [7, 11) is 0. The fraction of sp³-hybridized carbons (Fsp3) is 0.200. The molecule has 15 heavy (non-hydrogen) atoms. The van der Waals surface area contributed by atoms with Gasteiger partial charge in [0.25, 0.3) is 0 Å². The second kappa shape index (κ2) is 6.86. The first-order chi connectivity index (χ1) is 7.02. The van der Waals surface area contributed by atoms with E-state index in [1.165, 1.54) is 0 Å². The minimum atomic E-state index is -2.14. The third kappa shape index (κ3) is 5.05. The Morgan fingerprint density at radius 2 is 1.20 bits per heavy atom. The molecular weight excluding hydrogens is 212 g/mol. The Bertz CT molecular complexity index is 267. The molecule has 0 rings (SSSR count). The van der Waals surface area contributed by atoms with Crippen LogP contribution in [0.25, 0.3) is 0 Å². The van der Waals surface area contributed by atoms with Crippen LogP contribution in [0.3, 0.4) is 0 Å². The number of halogens is 4. The van der Waals surface area contributed by atoms with E-state index in [9.17, 15) is 17.6 Å². The van der Waals surface area contributed by atoms with Crippen molar-refractivity contribution in [2.75, 3.05) is 0 Å². The molecule has 0 heterocycles. The Hall–Kier alpha value is -1.52. The first-order valence-electron chi connectivity index (χ1n) is 4.00. The summed E-state index contributed by atoms with van der Waals surface area (Å²) in [6.07, 6.45) is -2.63. The molecule has 0 aromatic heterocycles. The second-order valence-corrected chi connectivity index (χ2v) is 2.45. The average Bonchev–Trinajstić information content (AvgIpc) is 2.15. The highest BCUT2D eigenvalue weighted by Gasteiger charge is 2.13. The summed E-state index contributed by atoms with van der Waals surface area (Å²) in [5, 5.41) is 0. The highest BCUT2D eigenvalue weighted by Crippen LogP contribution is 2.22. The van der Waals surface area contributed by atoms with E-state index < -0.39 is 23.7 Å². The Kier molecular flexibility index (Phi) is 6.17. The molecule has 84 valence electrons. The lowest BCUT2D eigenvalue weighted by atomic mass is 10.3. The number of ether oxygens (including phenoxy) is 1. The van der Waals surface area contributed by atoms with Crippen molar-refractivity contribution in [2.45, 2.75) is 12.8 Å². The molecule has 0 fully saturated rings. The first kappa shape index (κ1) is 13.5. The molecule has 0 aliphatic rings. The molecule has 5 heteroatoms. The normalized spacial score (nSPS) is 9.07. The van der Waals surface area contributed by atoms with Gasteiger partial charge in [-0.1, -0.05) is 12.2 Å². The fourth-order valence-electron chi connectivity index (χ4n) is 0.726. The zero-order chi connectivity index (χ0) is 11.8. The molecule has 0 aromatic rings. The first-order valence-corrected chi connectivity index (χ1v) is 4.00. The maximum Gasteiger partial charge on any atom is 0.308 e. The smallest absolute Gasteiger partial charge is 0.308 e. The van der Waals surface area contributed by atoms with Crippen LogP contribution in [0.15, 0.2) is 49.0 Å². The largest absolute Gasteiger partial charge is 0.454 e. The van der Waals surface area contributed by atoms with Gasteiger partial charge in [-0.05, 0) is 0 Å². The summed E-state index contributed by atoms with van der Waals surface area (Å²) in [5.41, 5.74) is 0. The summed E-state index contributed by atoms with van der Waals surface area (Å²) >= 11 is 0. The van der Waals surface area contributed by atoms with Gasteiger partial charge in [0, 0.05) is 12.8 Å². The molecule has 0 saturated heterocycles. The van der Waals surface area contributed by atoms with Gasteiger partial charge in [-0.2, -0.15) is 17.6 Å². The van der Waals surface area contributed by atoms with Crippen LogP contribution in [-0.2, 0) is 4.74 Å². The van der Waals surface area contributed by atoms with E-state index in [4.69, 9.17) is 0 Å². The van der Waals surface area contributed by atoms with Crippen LogP contribution in [-0.4, -0.2) is 0 Å². The molecule has 0 N–H and O–H groups in total. The molecule has 1 nitrogen and oxygen atoms in total. The van der Waals surface area contributed by atoms with Gasteiger partial charge in [0.2, 0.25) is 0 Å². The summed E-state index contributed by atoms with van der Waals surface area (Å²) in [6.45, 7) is 6.42. The molecule has 0 radical (unpaired) electrons. The molecule has 0 bridgehead atoms. The number of hydrogen-bond acceptors (Lipinski definition) is 1. The third-order valence-corrected chi connectivity index (χ3v) is 1.33. The molecule has 0 amide bonds. The van der Waals surface area contributed by atoms with E-state index in [1.807, 2.05) is 0 Å². The summed E-state index contributed by atoms with van der Waals surface area (Å²) in [5.74, 6) is -1.65. The maximum atomic E-state index is 12.2. The number of rotatable bonds is 6. The average molecular weight is 222 g/mol. The van der Waals surface area contributed by atoms with Crippen molar-refractivity contribution in [2.24, 2.45) is 0 Å². The van der Waals surface area contributed by atoms with E-state index in [-0.39, 0.29) is 12.8 Å². The second-order valence-electron chi connectivity index (χ2n) is 2.45. The monoisotopic (exact) mass is 222 g/mol. The number of hydrogen-bond donors (Lipinski definition) is 0. The Morgan fingerprint density at radius 3 is 1.40 bits per heavy atom. The predicted molar refractivity (Wildman–Crippen MR) is 49.2 cm³/mol. The van der Waals surface area contributed by atoms with Crippen LogP contribution in [0.5, 0.6) is 0 Å². The van der Waals surface area contributed by atoms with E-state index in [2.05, 4.69) is 17.9 Å². The van der Waals surface area contributed by atoms with Gasteiger partial charge in [-0.15, -0.1) is 13.2 Å². The van der Waals surface area contributed by atoms with Crippen molar-refractivity contribution in [3.63, 3.8) is 0 Å². The van der Waals surface area contributed by atoms with Crippen molar-refractivity contribution in [3.8, 4) is 0 Å². The van der Waals surface area contributed by atoms with E-state index in [0.717, 1.165) is 12.2 Å². The summed E-state index contributed by atoms with van der Waals surface area (Å²) in [6, 6.07) is 0. The zero-order valence-electron chi connectivity index (χ0n) is 7.90. The van der Waals surface area contributed by atoms with Crippen LogP contribution in [0, 0.1) is 0 Å². The molecule has 0 spiro atoms. The SMILES string of the molecule is C=CCC(OC(CC=C)=C(F)F)=C(F)F. The van der Waals surface area contributed by atoms with Crippen LogP contribution in [0.1, 0.15) is 12.8 Å². The van der Waals surface area contributed by atoms with Crippen molar-refractivity contribution in [3.05, 3.63) is 49.0 Å². The summed E-state index contributed by atoms with van der Waals surface area (Å²) < 4.78 is 53.0. The molecule has 0 saturated carbocycles. The summed E-state index contributed by atoms with van der Waals surface area (Å²) in [4.78, 5) is 0. The van der Waals surface area contributed by atoms with Gasteiger partial charge in [-0.3, -0.25) is 0 Å². The molecule has 0 aliphatic heterocycles. The van der Waals surface area contributed by atoms with Crippen LogP contribution >= 0.6 is 0 Å².